The molecule has 34 heavy (non-hydrogen) atoms. The SMILES string of the molecule is COC(=O)c1ccc(COc2ccc3c(c2)CC(Cc2cc(C)cc(C(F)(F)F)c2)C3=O)cc1. The molecule has 1 unspecified atom stereocenters. The number of aryl methyl sites for hydroxylation is 1. The fourth-order valence-corrected chi connectivity index (χ4v) is 4.26. The van der Waals surface area contributed by atoms with Crippen molar-refractivity contribution in [3.05, 3.63) is 99.6 Å². The molecule has 176 valence electrons. The van der Waals surface area contributed by atoms with Gasteiger partial charge in [-0.05, 0) is 78.9 Å². The van der Waals surface area contributed by atoms with Crippen LogP contribution in [-0.2, 0) is 30.4 Å². The lowest BCUT2D eigenvalue weighted by molar-refractivity contribution is -0.137. The molecule has 0 aromatic heterocycles. The Balaban J connectivity index is 1.43. The topological polar surface area (TPSA) is 52.6 Å². The first-order valence-corrected chi connectivity index (χ1v) is 10.8. The summed E-state index contributed by atoms with van der Waals surface area (Å²) in [4.78, 5) is 24.4. The van der Waals surface area contributed by atoms with Crippen molar-refractivity contribution >= 4 is 11.8 Å². The van der Waals surface area contributed by atoms with Gasteiger partial charge >= 0.3 is 12.1 Å². The number of carbonyl (C=O) groups is 2. The zero-order valence-electron chi connectivity index (χ0n) is 18.7. The van der Waals surface area contributed by atoms with Gasteiger partial charge in [0.25, 0.3) is 0 Å². The van der Waals surface area contributed by atoms with Crippen LogP contribution in [-0.4, -0.2) is 18.9 Å². The standard InChI is InChI=1S/C27H23F3O4/c1-16-9-18(12-22(10-16)27(28,29)30)11-21-13-20-14-23(7-8-24(20)25(21)31)34-15-17-3-5-19(6-4-17)26(32)33-2/h3-10,12,14,21H,11,13,15H2,1-2H3. The van der Waals surface area contributed by atoms with Gasteiger partial charge in [0.05, 0.1) is 18.2 Å². The van der Waals surface area contributed by atoms with Crippen molar-refractivity contribution in [2.75, 3.05) is 7.11 Å². The second-order valence-electron chi connectivity index (χ2n) is 8.47. The molecule has 0 N–H and O–H groups in total. The summed E-state index contributed by atoms with van der Waals surface area (Å²) in [6, 6.07) is 16.1. The summed E-state index contributed by atoms with van der Waals surface area (Å²) < 4.78 is 50.0. The van der Waals surface area contributed by atoms with Crippen molar-refractivity contribution in [2.45, 2.75) is 32.5 Å². The predicted molar refractivity (Wildman–Crippen MR) is 120 cm³/mol. The molecule has 4 nitrogen and oxygen atoms in total. The number of hydrogen-bond acceptors (Lipinski definition) is 4. The van der Waals surface area contributed by atoms with Crippen LogP contribution in [0.15, 0.2) is 60.7 Å². The minimum absolute atomic E-state index is 0.0602. The van der Waals surface area contributed by atoms with Crippen molar-refractivity contribution in [1.82, 2.24) is 0 Å². The van der Waals surface area contributed by atoms with Gasteiger partial charge in [-0.15, -0.1) is 0 Å². The largest absolute Gasteiger partial charge is 0.489 e. The number of Topliss-reactive ketones (excluding diaryl/α,β-unsaturated/α-hetero) is 1. The van der Waals surface area contributed by atoms with Gasteiger partial charge in [-0.25, -0.2) is 4.79 Å². The number of benzene rings is 3. The van der Waals surface area contributed by atoms with E-state index in [9.17, 15) is 22.8 Å². The number of esters is 1. The molecule has 0 amide bonds. The summed E-state index contributed by atoms with van der Waals surface area (Å²) in [5.41, 5.74) is 3.06. The van der Waals surface area contributed by atoms with Gasteiger partial charge in [0.1, 0.15) is 12.4 Å². The van der Waals surface area contributed by atoms with Gasteiger partial charge in [0.2, 0.25) is 0 Å². The Bertz CT molecular complexity index is 1230. The van der Waals surface area contributed by atoms with E-state index < -0.39 is 23.6 Å². The van der Waals surface area contributed by atoms with Crippen LogP contribution in [0.25, 0.3) is 0 Å². The summed E-state index contributed by atoms with van der Waals surface area (Å²) in [5.74, 6) is -0.279. The highest BCUT2D eigenvalue weighted by molar-refractivity contribution is 6.02. The van der Waals surface area contributed by atoms with Gasteiger partial charge in [-0.3, -0.25) is 4.79 Å². The maximum atomic E-state index is 13.2. The Kier molecular flexibility index (Phi) is 6.46. The van der Waals surface area contributed by atoms with E-state index in [0.29, 0.717) is 34.4 Å². The van der Waals surface area contributed by atoms with E-state index in [2.05, 4.69) is 4.74 Å². The van der Waals surface area contributed by atoms with Crippen LogP contribution in [0, 0.1) is 12.8 Å². The molecule has 0 saturated heterocycles. The smallest absolute Gasteiger partial charge is 0.416 e. The molecule has 0 spiro atoms. The second kappa shape index (κ2) is 9.33. The number of fused-ring (bicyclic) bond motifs is 1. The summed E-state index contributed by atoms with van der Waals surface area (Å²) in [5, 5.41) is 0. The Morgan fingerprint density at radius 2 is 1.74 bits per heavy atom. The third-order valence-corrected chi connectivity index (χ3v) is 5.91. The van der Waals surface area contributed by atoms with E-state index in [4.69, 9.17) is 4.74 Å². The first-order chi connectivity index (χ1) is 16.1. The Morgan fingerprint density at radius 1 is 1.00 bits per heavy atom. The number of rotatable bonds is 6. The average Bonchev–Trinajstić information content (AvgIpc) is 3.11. The summed E-state index contributed by atoms with van der Waals surface area (Å²) in [7, 11) is 1.32. The molecule has 0 heterocycles. The summed E-state index contributed by atoms with van der Waals surface area (Å²) in [6.07, 6.45) is -3.72. The van der Waals surface area contributed by atoms with Crippen LogP contribution < -0.4 is 4.74 Å². The third kappa shape index (κ3) is 5.14. The molecule has 7 heteroatoms. The maximum absolute atomic E-state index is 13.2. The lowest BCUT2D eigenvalue weighted by atomic mass is 9.93. The molecular formula is C27H23F3O4. The fourth-order valence-electron chi connectivity index (χ4n) is 4.26. The van der Waals surface area contributed by atoms with E-state index in [0.717, 1.165) is 23.3 Å². The van der Waals surface area contributed by atoms with E-state index >= 15 is 0 Å². The summed E-state index contributed by atoms with van der Waals surface area (Å²) >= 11 is 0. The quantitative estimate of drug-likeness (QED) is 0.418. The van der Waals surface area contributed by atoms with Crippen molar-refractivity contribution in [1.29, 1.82) is 0 Å². The monoisotopic (exact) mass is 468 g/mol. The van der Waals surface area contributed by atoms with Gasteiger partial charge in [-0.1, -0.05) is 23.8 Å². The molecule has 1 aliphatic carbocycles. The maximum Gasteiger partial charge on any atom is 0.416 e. The van der Waals surface area contributed by atoms with Crippen LogP contribution in [0.5, 0.6) is 5.75 Å². The molecule has 3 aromatic carbocycles. The van der Waals surface area contributed by atoms with Crippen LogP contribution >= 0.6 is 0 Å². The molecule has 0 fully saturated rings. The lowest BCUT2D eigenvalue weighted by Gasteiger charge is -2.13. The number of ether oxygens (including phenoxy) is 2. The number of carbonyl (C=O) groups excluding carboxylic acids is 2. The first kappa shape index (κ1) is 23.5. The van der Waals surface area contributed by atoms with Crippen LogP contribution in [0.3, 0.4) is 0 Å². The Hall–Kier alpha value is -3.61. The Labute approximate surface area is 195 Å². The highest BCUT2D eigenvalue weighted by atomic mass is 19.4. The van der Waals surface area contributed by atoms with Crippen LogP contribution in [0.1, 0.15) is 48.5 Å². The molecule has 0 bridgehead atoms. The number of alkyl halides is 3. The van der Waals surface area contributed by atoms with E-state index in [-0.39, 0.29) is 18.8 Å². The molecule has 0 aliphatic heterocycles. The van der Waals surface area contributed by atoms with Crippen molar-refractivity contribution in [3.8, 4) is 5.75 Å². The van der Waals surface area contributed by atoms with Crippen molar-refractivity contribution < 1.29 is 32.2 Å². The molecule has 0 radical (unpaired) electrons. The predicted octanol–water partition coefficient (Wildman–Crippen LogP) is 5.98. The fraction of sp³-hybridized carbons (Fsp3) is 0.259. The lowest BCUT2D eigenvalue weighted by Crippen LogP contribution is -2.13. The van der Waals surface area contributed by atoms with Gasteiger partial charge in [-0.2, -0.15) is 13.2 Å². The molecular weight excluding hydrogens is 445 g/mol. The Morgan fingerprint density at radius 3 is 2.41 bits per heavy atom. The summed E-state index contributed by atoms with van der Waals surface area (Å²) in [6.45, 7) is 1.90. The van der Waals surface area contributed by atoms with E-state index in [1.807, 2.05) is 6.07 Å². The molecule has 1 aliphatic rings. The second-order valence-corrected chi connectivity index (χ2v) is 8.47. The number of hydrogen-bond donors (Lipinski definition) is 0. The average molecular weight is 468 g/mol. The highest BCUT2D eigenvalue weighted by Gasteiger charge is 2.33. The molecule has 0 saturated carbocycles. The van der Waals surface area contributed by atoms with Crippen LogP contribution in [0.2, 0.25) is 0 Å². The highest BCUT2D eigenvalue weighted by Crippen LogP contribution is 2.34. The van der Waals surface area contributed by atoms with E-state index in [1.165, 1.54) is 7.11 Å². The van der Waals surface area contributed by atoms with Crippen molar-refractivity contribution in [2.24, 2.45) is 5.92 Å². The molecule has 3 aromatic rings. The third-order valence-electron chi connectivity index (χ3n) is 5.91. The van der Waals surface area contributed by atoms with Gasteiger partial charge in [0.15, 0.2) is 5.78 Å². The normalized spacial score (nSPS) is 15.2. The number of methoxy groups -OCH3 is 1. The zero-order chi connectivity index (χ0) is 24.5. The van der Waals surface area contributed by atoms with Gasteiger partial charge < -0.3 is 9.47 Å². The van der Waals surface area contributed by atoms with E-state index in [1.54, 1.807) is 49.4 Å². The minimum Gasteiger partial charge on any atom is -0.489 e. The number of halogens is 3. The minimum atomic E-state index is -4.42. The molecule has 4 rings (SSSR count). The zero-order valence-corrected chi connectivity index (χ0v) is 18.7. The number of ketones is 1. The van der Waals surface area contributed by atoms with Gasteiger partial charge in [0, 0.05) is 11.5 Å². The molecule has 1 atom stereocenters. The first-order valence-electron chi connectivity index (χ1n) is 10.8. The van der Waals surface area contributed by atoms with Crippen molar-refractivity contribution in [3.63, 3.8) is 0 Å². The van der Waals surface area contributed by atoms with Crippen LogP contribution in [0.4, 0.5) is 13.2 Å².